The van der Waals surface area contributed by atoms with Crippen LogP contribution in [0, 0.1) is 0 Å². The molecule has 0 aromatic rings. The predicted octanol–water partition coefficient (Wildman–Crippen LogP) is 8.64. The Morgan fingerprint density at radius 1 is 1.04 bits per heavy atom. The second kappa shape index (κ2) is 35.0. The fourth-order valence-electron chi connectivity index (χ4n) is 0. The van der Waals surface area contributed by atoms with Crippen LogP contribution < -0.4 is 0 Å². The van der Waals surface area contributed by atoms with Gasteiger partial charge in [0.05, 0.1) is 5.83 Å². The van der Waals surface area contributed by atoms with E-state index in [-0.39, 0.29) is 36.0 Å². The Labute approximate surface area is 179 Å². The van der Waals surface area contributed by atoms with Crippen molar-refractivity contribution in [2.75, 3.05) is 18.1 Å². The minimum Gasteiger partial charge on any atom is -0.213 e. The Morgan fingerprint density at radius 2 is 1.13 bits per heavy atom. The third-order valence-corrected chi connectivity index (χ3v) is 1.73. The first kappa shape index (κ1) is 44.3. The van der Waals surface area contributed by atoms with Crippen molar-refractivity contribution < 1.29 is 17.6 Å². The van der Waals surface area contributed by atoms with Gasteiger partial charge in [-0.3, -0.25) is 0 Å². The van der Waals surface area contributed by atoms with Gasteiger partial charge in [-0.05, 0) is 13.8 Å². The van der Waals surface area contributed by atoms with Gasteiger partial charge in [-0.1, -0.05) is 36.7 Å². The monoisotopic (exact) mass is 510 g/mol. The molecule has 0 bridgehead atoms. The van der Waals surface area contributed by atoms with Gasteiger partial charge in [-0.2, -0.15) is 13.2 Å². The van der Waals surface area contributed by atoms with Gasteiger partial charge in [0.25, 0.3) is 0 Å². The van der Waals surface area contributed by atoms with E-state index in [0.717, 1.165) is 5.88 Å². The summed E-state index contributed by atoms with van der Waals surface area (Å²) in [6, 6.07) is 0. The highest BCUT2D eigenvalue weighted by Gasteiger charge is 2.36. The van der Waals surface area contributed by atoms with Crippen molar-refractivity contribution in [2.24, 2.45) is 0 Å². The first-order valence-corrected chi connectivity index (χ1v) is 8.29. The molecule has 0 rings (SSSR count). The number of alkyl halides is 9. The lowest BCUT2D eigenvalue weighted by atomic mass is 10.6. The van der Waals surface area contributed by atoms with E-state index in [4.69, 9.17) is 34.8 Å². The lowest BCUT2D eigenvalue weighted by Crippen LogP contribution is -2.16. The molecule has 0 saturated carbocycles. The van der Waals surface area contributed by atoms with Crippen LogP contribution in [-0.2, 0) is 0 Å². The van der Waals surface area contributed by atoms with E-state index in [0.29, 0.717) is 5.88 Å². The van der Waals surface area contributed by atoms with Crippen molar-refractivity contribution in [3.8, 4) is 0 Å². The van der Waals surface area contributed by atoms with Crippen molar-refractivity contribution in [3.05, 3.63) is 12.4 Å². The molecule has 0 spiro atoms. The standard InChI is InChI=1S/C3H6Cl2.C3H5F.C2HCl2F3.C2H5Cl.CH3Cl.2ClH/c1-3(5)2-4;1-3(2)4;3-1(4)2(5,6)7;1-2-3;1-2;;/h3H,2H2,1H3;1H2,2H3;1H;2H2,1H3;1H3;2*1H. The smallest absolute Gasteiger partial charge is 0.213 e. The molecule has 0 aliphatic rings. The van der Waals surface area contributed by atoms with Crippen molar-refractivity contribution in [2.45, 2.75) is 37.2 Å². The Morgan fingerprint density at radius 3 is 1.13 bits per heavy atom. The van der Waals surface area contributed by atoms with E-state index in [9.17, 15) is 17.6 Å². The van der Waals surface area contributed by atoms with Gasteiger partial charge in [0.2, 0.25) is 4.84 Å². The summed E-state index contributed by atoms with van der Waals surface area (Å²) in [7, 11) is 0. The molecule has 0 aromatic heterocycles. The van der Waals surface area contributed by atoms with Crippen molar-refractivity contribution >= 4 is 94.4 Å². The maximum atomic E-state index is 10.9. The van der Waals surface area contributed by atoms with Gasteiger partial charge in [0.1, 0.15) is 0 Å². The molecule has 0 radical (unpaired) electrons. The third kappa shape index (κ3) is 118. The number of halogens is 12. The number of hydrogen-bond acceptors (Lipinski definition) is 0. The number of hydrogen-bond donors (Lipinski definition) is 0. The summed E-state index contributed by atoms with van der Waals surface area (Å²) in [5.41, 5.74) is 0. The van der Waals surface area contributed by atoms with Crippen LogP contribution in [0.25, 0.3) is 0 Å². The topological polar surface area (TPSA) is 0 Å². The molecule has 12 heteroatoms. The van der Waals surface area contributed by atoms with Crippen molar-refractivity contribution in [3.63, 3.8) is 0 Å². The summed E-state index contributed by atoms with van der Waals surface area (Å²) in [6.07, 6.45) is -3.00. The molecule has 150 valence electrons. The van der Waals surface area contributed by atoms with Gasteiger partial charge < -0.3 is 0 Å². The average Bonchev–Trinajstić information content (AvgIpc) is 2.31. The summed E-state index contributed by atoms with van der Waals surface area (Å²) in [5.74, 6) is 0.932. The molecule has 0 nitrogen and oxygen atoms in total. The van der Waals surface area contributed by atoms with Crippen LogP contribution in [0.3, 0.4) is 0 Å². The number of allylic oxidation sites excluding steroid dienone is 1. The molecule has 1 unspecified atom stereocenters. The molecule has 1 atom stereocenters. The van der Waals surface area contributed by atoms with E-state index in [1.165, 1.54) is 13.3 Å². The van der Waals surface area contributed by atoms with Crippen LogP contribution in [0.4, 0.5) is 17.6 Å². The molecule has 23 heavy (non-hydrogen) atoms. The van der Waals surface area contributed by atoms with Crippen LogP contribution in [0.2, 0.25) is 0 Å². The molecule has 0 fully saturated rings. The molecule has 0 saturated heterocycles. The molecule has 0 N–H and O–H groups in total. The van der Waals surface area contributed by atoms with E-state index in [1.807, 2.05) is 13.8 Å². The summed E-state index contributed by atoms with van der Waals surface area (Å²) in [4.78, 5) is -2.26. The largest absolute Gasteiger partial charge is 0.418 e. The molecule has 0 aliphatic carbocycles. The molecule has 0 aromatic carbocycles. The zero-order valence-electron chi connectivity index (χ0n) is 12.9. The molecule has 0 heterocycles. The highest BCUT2D eigenvalue weighted by atomic mass is 35.5. The minimum absolute atomic E-state index is 0. The van der Waals surface area contributed by atoms with Crippen LogP contribution in [-0.4, -0.2) is 34.5 Å². The maximum Gasteiger partial charge on any atom is 0.418 e. The Kier molecular flexibility index (Phi) is 67.4. The molecule has 0 amide bonds. The Hall–Kier alpha value is 1.78. The molecular weight excluding hydrogens is 492 g/mol. The lowest BCUT2D eigenvalue weighted by Gasteiger charge is -2.03. The lowest BCUT2D eigenvalue weighted by molar-refractivity contribution is -0.115. The number of rotatable bonds is 1. The van der Waals surface area contributed by atoms with Gasteiger partial charge in [0, 0.05) is 23.5 Å². The summed E-state index contributed by atoms with van der Waals surface area (Å²) in [6.45, 7) is 7.94. The van der Waals surface area contributed by atoms with Crippen LogP contribution in [0.15, 0.2) is 12.4 Å². The van der Waals surface area contributed by atoms with Gasteiger partial charge in [-0.15, -0.1) is 71.2 Å². The van der Waals surface area contributed by atoms with E-state index >= 15 is 0 Å². The van der Waals surface area contributed by atoms with Crippen molar-refractivity contribution in [1.82, 2.24) is 0 Å². The van der Waals surface area contributed by atoms with Gasteiger partial charge >= 0.3 is 6.18 Å². The fraction of sp³-hybridized carbons (Fsp3) is 0.818. The van der Waals surface area contributed by atoms with E-state index < -0.39 is 11.0 Å². The maximum absolute atomic E-state index is 10.9. The van der Waals surface area contributed by atoms with Crippen LogP contribution in [0.1, 0.15) is 20.8 Å². The van der Waals surface area contributed by atoms with Gasteiger partial charge in [0.15, 0.2) is 0 Å². The quantitative estimate of drug-likeness (QED) is 0.243. The first-order valence-electron chi connectivity index (χ1n) is 5.16. The second-order valence-corrected chi connectivity index (χ2v) is 5.41. The molecule has 0 aliphatic heterocycles. The Balaban J connectivity index is -0.0000000289. The highest BCUT2D eigenvalue weighted by molar-refractivity contribution is 6.44. The van der Waals surface area contributed by atoms with E-state index in [1.54, 1.807) is 0 Å². The summed E-state index contributed by atoms with van der Waals surface area (Å²) < 4.78 is 43.5. The summed E-state index contributed by atoms with van der Waals surface area (Å²) in [5, 5.41) is 0.122. The zero-order chi connectivity index (χ0) is 18.6. The fourth-order valence-corrected chi connectivity index (χ4v) is 0. The third-order valence-electron chi connectivity index (χ3n) is 0.460. The van der Waals surface area contributed by atoms with Crippen molar-refractivity contribution in [1.29, 1.82) is 0 Å². The summed E-state index contributed by atoms with van der Waals surface area (Å²) >= 11 is 29.0. The predicted molar refractivity (Wildman–Crippen MR) is 106 cm³/mol. The van der Waals surface area contributed by atoms with Gasteiger partial charge in [-0.25, -0.2) is 4.39 Å². The van der Waals surface area contributed by atoms with Crippen LogP contribution >= 0.6 is 94.4 Å². The Bertz CT molecular complexity index is 185. The zero-order valence-corrected chi connectivity index (χ0v) is 19.0. The van der Waals surface area contributed by atoms with E-state index in [2.05, 4.69) is 41.4 Å². The SMILES string of the molecule is C=C(C)F.CC(Cl)CCl.CCCl.CCl.Cl.Cl.FC(F)(F)C(Cl)Cl. The average molecular weight is 514 g/mol. The second-order valence-electron chi connectivity index (χ2n) is 2.72. The highest BCUT2D eigenvalue weighted by Crippen LogP contribution is 2.27. The minimum atomic E-state index is -4.47. The van der Waals surface area contributed by atoms with Crippen LogP contribution in [0.5, 0.6) is 0 Å². The molecular formula is C11H22Cl8F4. The normalized spacial score (nSPS) is 9.35. The first-order chi connectivity index (χ1) is 9.36.